The number of nitrogens with zero attached hydrogens (tertiary/aromatic N) is 2. The van der Waals surface area contributed by atoms with E-state index in [1.165, 1.54) is 0 Å². The van der Waals surface area contributed by atoms with E-state index < -0.39 is 0 Å². The van der Waals surface area contributed by atoms with Gasteiger partial charge in [0, 0.05) is 32.0 Å². The van der Waals surface area contributed by atoms with Crippen LogP contribution in [-0.2, 0) is 17.7 Å². The molecule has 1 aromatic heterocycles. The zero-order chi connectivity index (χ0) is 11.1. The van der Waals surface area contributed by atoms with E-state index in [0.717, 1.165) is 18.8 Å². The molecular weight excluding hydrogens is 192 g/mol. The average Bonchev–Trinajstić information content (AvgIpc) is 2.71. The first-order chi connectivity index (χ1) is 7.31. The van der Waals surface area contributed by atoms with Gasteiger partial charge in [-0.25, -0.2) is 4.98 Å². The van der Waals surface area contributed by atoms with E-state index in [2.05, 4.69) is 21.9 Å². The van der Waals surface area contributed by atoms with Crippen LogP contribution in [0.3, 0.4) is 0 Å². The van der Waals surface area contributed by atoms with Gasteiger partial charge >= 0.3 is 0 Å². The Kier molecular flexibility index (Phi) is 5.31. The summed E-state index contributed by atoms with van der Waals surface area (Å²) in [6.45, 7) is 6.32. The summed E-state index contributed by atoms with van der Waals surface area (Å²) in [6, 6.07) is 0.123. The molecule has 3 N–H and O–H groups in total. The van der Waals surface area contributed by atoms with Crippen LogP contribution in [0.15, 0.2) is 12.4 Å². The summed E-state index contributed by atoms with van der Waals surface area (Å²) in [7, 11) is 0. The summed E-state index contributed by atoms with van der Waals surface area (Å²) in [5.41, 5.74) is 2.75. The van der Waals surface area contributed by atoms with Gasteiger partial charge in [-0.2, -0.15) is 0 Å². The van der Waals surface area contributed by atoms with Gasteiger partial charge in [0.15, 0.2) is 0 Å². The molecule has 0 radical (unpaired) electrons. The van der Waals surface area contributed by atoms with E-state index in [-0.39, 0.29) is 6.04 Å². The summed E-state index contributed by atoms with van der Waals surface area (Å²) < 4.78 is 7.44. The SMILES string of the molecule is CCOCC(Cc1nccn1CC)NN. The average molecular weight is 212 g/mol. The number of imidazole rings is 1. The number of hydrogen-bond acceptors (Lipinski definition) is 4. The molecule has 0 aliphatic carbocycles. The number of hydrogen-bond donors (Lipinski definition) is 2. The Bertz CT molecular complexity index is 274. The van der Waals surface area contributed by atoms with E-state index in [4.69, 9.17) is 10.6 Å². The zero-order valence-electron chi connectivity index (χ0n) is 9.44. The number of rotatable bonds is 7. The van der Waals surface area contributed by atoms with Crippen molar-refractivity contribution in [1.29, 1.82) is 0 Å². The highest BCUT2D eigenvalue weighted by atomic mass is 16.5. The quantitative estimate of drug-likeness (QED) is 0.504. The van der Waals surface area contributed by atoms with E-state index >= 15 is 0 Å². The van der Waals surface area contributed by atoms with Crippen LogP contribution in [0.4, 0.5) is 0 Å². The van der Waals surface area contributed by atoms with Crippen molar-refractivity contribution in [1.82, 2.24) is 15.0 Å². The first-order valence-electron chi connectivity index (χ1n) is 5.35. The lowest BCUT2D eigenvalue weighted by Crippen LogP contribution is -2.40. The smallest absolute Gasteiger partial charge is 0.110 e. The summed E-state index contributed by atoms with van der Waals surface area (Å²) in [5, 5.41) is 0. The molecule has 1 atom stereocenters. The van der Waals surface area contributed by atoms with E-state index in [9.17, 15) is 0 Å². The van der Waals surface area contributed by atoms with Crippen molar-refractivity contribution in [2.75, 3.05) is 13.2 Å². The first kappa shape index (κ1) is 12.2. The van der Waals surface area contributed by atoms with Crippen LogP contribution < -0.4 is 11.3 Å². The van der Waals surface area contributed by atoms with Crippen LogP contribution in [0, 0.1) is 0 Å². The molecule has 5 heteroatoms. The van der Waals surface area contributed by atoms with Gasteiger partial charge in [0.1, 0.15) is 5.82 Å². The van der Waals surface area contributed by atoms with E-state index in [0.29, 0.717) is 13.2 Å². The molecule has 15 heavy (non-hydrogen) atoms. The second-order valence-electron chi connectivity index (χ2n) is 3.36. The lowest BCUT2D eigenvalue weighted by atomic mass is 10.2. The van der Waals surface area contributed by atoms with Crippen molar-refractivity contribution in [3.8, 4) is 0 Å². The Labute approximate surface area is 90.6 Å². The molecule has 0 amide bonds. The van der Waals surface area contributed by atoms with Crippen LogP contribution in [-0.4, -0.2) is 28.8 Å². The minimum Gasteiger partial charge on any atom is -0.380 e. The standard InChI is InChI=1S/C10H20N4O/c1-3-14-6-5-12-10(14)7-9(13-11)8-15-4-2/h5-6,9,13H,3-4,7-8,11H2,1-2H3. The third-order valence-corrected chi connectivity index (χ3v) is 2.33. The maximum atomic E-state index is 5.45. The molecule has 0 fully saturated rings. The summed E-state index contributed by atoms with van der Waals surface area (Å²) in [5.74, 6) is 6.50. The summed E-state index contributed by atoms with van der Waals surface area (Å²) >= 11 is 0. The minimum atomic E-state index is 0.123. The van der Waals surface area contributed by atoms with Crippen molar-refractivity contribution in [2.24, 2.45) is 5.84 Å². The fourth-order valence-corrected chi connectivity index (χ4v) is 1.46. The van der Waals surface area contributed by atoms with Gasteiger partial charge in [-0.3, -0.25) is 11.3 Å². The molecule has 0 saturated heterocycles. The number of aromatic nitrogens is 2. The van der Waals surface area contributed by atoms with E-state index in [1.54, 1.807) is 0 Å². The van der Waals surface area contributed by atoms with Crippen LogP contribution in [0.5, 0.6) is 0 Å². The predicted molar refractivity (Wildman–Crippen MR) is 59.2 cm³/mol. The van der Waals surface area contributed by atoms with Gasteiger partial charge in [0.2, 0.25) is 0 Å². The van der Waals surface area contributed by atoms with Crippen LogP contribution in [0.25, 0.3) is 0 Å². The third-order valence-electron chi connectivity index (χ3n) is 2.33. The van der Waals surface area contributed by atoms with Gasteiger partial charge in [-0.05, 0) is 13.8 Å². The maximum absolute atomic E-state index is 5.45. The zero-order valence-corrected chi connectivity index (χ0v) is 9.44. The van der Waals surface area contributed by atoms with Crippen molar-refractivity contribution in [3.05, 3.63) is 18.2 Å². The van der Waals surface area contributed by atoms with Gasteiger partial charge in [-0.15, -0.1) is 0 Å². The molecule has 1 unspecified atom stereocenters. The molecule has 0 spiro atoms. The predicted octanol–water partition coefficient (Wildman–Crippen LogP) is 0.314. The number of hydrazine groups is 1. The Morgan fingerprint density at radius 3 is 3.00 bits per heavy atom. The maximum Gasteiger partial charge on any atom is 0.110 e. The topological polar surface area (TPSA) is 65.1 Å². The third kappa shape index (κ3) is 3.62. The molecule has 0 aliphatic rings. The number of ether oxygens (including phenoxy) is 1. The van der Waals surface area contributed by atoms with Gasteiger partial charge < -0.3 is 9.30 Å². The largest absolute Gasteiger partial charge is 0.380 e. The van der Waals surface area contributed by atoms with Crippen molar-refractivity contribution >= 4 is 0 Å². The molecule has 5 nitrogen and oxygen atoms in total. The molecular formula is C10H20N4O. The Balaban J connectivity index is 2.50. The highest BCUT2D eigenvalue weighted by Gasteiger charge is 2.11. The van der Waals surface area contributed by atoms with Gasteiger partial charge in [0.05, 0.1) is 12.6 Å². The Morgan fingerprint density at radius 2 is 2.40 bits per heavy atom. The van der Waals surface area contributed by atoms with Crippen LogP contribution >= 0.6 is 0 Å². The number of aryl methyl sites for hydroxylation is 1. The highest BCUT2D eigenvalue weighted by Crippen LogP contribution is 2.02. The molecule has 1 rings (SSSR count). The van der Waals surface area contributed by atoms with Crippen molar-refractivity contribution in [3.63, 3.8) is 0 Å². The van der Waals surface area contributed by atoms with E-state index in [1.807, 2.05) is 19.3 Å². The highest BCUT2D eigenvalue weighted by molar-refractivity contribution is 4.95. The molecule has 0 bridgehead atoms. The van der Waals surface area contributed by atoms with Gasteiger partial charge in [0.25, 0.3) is 0 Å². The van der Waals surface area contributed by atoms with Crippen LogP contribution in [0.2, 0.25) is 0 Å². The lowest BCUT2D eigenvalue weighted by Gasteiger charge is -2.15. The molecule has 1 aromatic rings. The second kappa shape index (κ2) is 6.55. The minimum absolute atomic E-state index is 0.123. The molecule has 0 saturated carbocycles. The fraction of sp³-hybridized carbons (Fsp3) is 0.700. The summed E-state index contributed by atoms with van der Waals surface area (Å²) in [6.07, 6.45) is 4.58. The molecule has 0 aromatic carbocycles. The van der Waals surface area contributed by atoms with Crippen molar-refractivity contribution in [2.45, 2.75) is 32.9 Å². The number of nitrogens with one attached hydrogen (secondary N) is 1. The Morgan fingerprint density at radius 1 is 1.60 bits per heavy atom. The monoisotopic (exact) mass is 212 g/mol. The summed E-state index contributed by atoms with van der Waals surface area (Å²) in [4.78, 5) is 4.29. The normalized spacial score (nSPS) is 13.0. The molecule has 1 heterocycles. The molecule has 86 valence electrons. The lowest BCUT2D eigenvalue weighted by molar-refractivity contribution is 0.122. The Hall–Kier alpha value is -0.910. The van der Waals surface area contributed by atoms with Crippen molar-refractivity contribution < 1.29 is 4.74 Å². The second-order valence-corrected chi connectivity index (χ2v) is 3.36. The molecule has 0 aliphatic heterocycles. The van der Waals surface area contributed by atoms with Gasteiger partial charge in [-0.1, -0.05) is 0 Å². The van der Waals surface area contributed by atoms with Crippen LogP contribution in [0.1, 0.15) is 19.7 Å². The fourth-order valence-electron chi connectivity index (χ4n) is 1.46. The number of nitrogens with two attached hydrogens (primary N) is 1. The first-order valence-corrected chi connectivity index (χ1v) is 5.35.